The quantitative estimate of drug-likeness (QED) is 0.435. The molecule has 3 rings (SSSR count). The van der Waals surface area contributed by atoms with Crippen molar-refractivity contribution in [1.82, 2.24) is 15.2 Å². The van der Waals surface area contributed by atoms with Gasteiger partial charge in [0.1, 0.15) is 12.2 Å². The predicted molar refractivity (Wildman–Crippen MR) is 126 cm³/mol. The fraction of sp³-hybridized carbons (Fsp3) is 0.227. The van der Waals surface area contributed by atoms with Crippen LogP contribution in [0.4, 0.5) is 10.8 Å². The number of rotatable bonds is 9. The van der Waals surface area contributed by atoms with Crippen LogP contribution in [0.1, 0.15) is 29.4 Å². The number of aromatic nitrogens is 1. The smallest absolute Gasteiger partial charge is 0.274 e. The average molecular weight is 477 g/mol. The van der Waals surface area contributed by atoms with E-state index in [-0.39, 0.29) is 24.1 Å². The van der Waals surface area contributed by atoms with Crippen molar-refractivity contribution >= 4 is 57.2 Å². The van der Waals surface area contributed by atoms with Gasteiger partial charge in [0.25, 0.3) is 5.91 Å². The Morgan fingerprint density at radius 2 is 1.87 bits per heavy atom. The third-order valence-electron chi connectivity index (χ3n) is 4.33. The number of nitrogens with zero attached hydrogens (tertiary/aromatic N) is 2. The van der Waals surface area contributed by atoms with Crippen molar-refractivity contribution in [2.45, 2.75) is 19.9 Å². The minimum atomic E-state index is -0.322. The lowest BCUT2D eigenvalue weighted by atomic mass is 10.2. The molecule has 0 radical (unpaired) electrons. The Hall–Kier alpha value is -2.61. The van der Waals surface area contributed by atoms with E-state index in [0.717, 1.165) is 12.0 Å². The molecule has 0 fully saturated rings. The third kappa shape index (κ3) is 6.43. The van der Waals surface area contributed by atoms with Crippen LogP contribution < -0.4 is 10.6 Å². The molecular weight excluding hydrogens is 455 g/mol. The zero-order valence-electron chi connectivity index (χ0n) is 16.9. The average Bonchev–Trinajstić information content (AvgIpc) is 3.24. The van der Waals surface area contributed by atoms with Gasteiger partial charge >= 0.3 is 0 Å². The molecule has 0 saturated carbocycles. The number of nitrogens with one attached hydrogen (secondary N) is 2. The van der Waals surface area contributed by atoms with Crippen molar-refractivity contribution in [3.05, 3.63) is 75.2 Å². The van der Waals surface area contributed by atoms with Gasteiger partial charge in [-0.1, -0.05) is 66.5 Å². The summed E-state index contributed by atoms with van der Waals surface area (Å²) in [6.07, 6.45) is 0.825. The molecule has 0 unspecified atom stereocenters. The van der Waals surface area contributed by atoms with E-state index in [4.69, 9.17) is 23.2 Å². The number of anilines is 2. The number of hydrogen-bond acceptors (Lipinski definition) is 5. The summed E-state index contributed by atoms with van der Waals surface area (Å²) in [7, 11) is 0. The highest BCUT2D eigenvalue weighted by Crippen LogP contribution is 2.32. The van der Waals surface area contributed by atoms with Gasteiger partial charge in [-0.05, 0) is 24.1 Å². The Bertz CT molecular complexity index is 1040. The van der Waals surface area contributed by atoms with Gasteiger partial charge in [0.15, 0.2) is 5.13 Å². The van der Waals surface area contributed by atoms with Gasteiger partial charge in [0.2, 0.25) is 5.91 Å². The summed E-state index contributed by atoms with van der Waals surface area (Å²) in [4.78, 5) is 31.3. The van der Waals surface area contributed by atoms with E-state index >= 15 is 0 Å². The van der Waals surface area contributed by atoms with Crippen molar-refractivity contribution in [2.24, 2.45) is 0 Å². The van der Waals surface area contributed by atoms with E-state index in [1.54, 1.807) is 23.6 Å². The Labute approximate surface area is 195 Å². The van der Waals surface area contributed by atoms with Gasteiger partial charge in [-0.2, -0.15) is 0 Å². The van der Waals surface area contributed by atoms with Crippen LogP contribution in [0.15, 0.2) is 53.9 Å². The largest absolute Gasteiger partial charge is 0.355 e. The number of halogens is 2. The molecule has 31 heavy (non-hydrogen) atoms. The number of thiazole rings is 1. The molecule has 0 aliphatic heterocycles. The summed E-state index contributed by atoms with van der Waals surface area (Å²) in [5.41, 5.74) is 1.78. The van der Waals surface area contributed by atoms with Crippen LogP contribution in [0.5, 0.6) is 0 Å². The van der Waals surface area contributed by atoms with Crippen molar-refractivity contribution < 1.29 is 9.59 Å². The topological polar surface area (TPSA) is 74.3 Å². The maximum atomic E-state index is 13.2. The molecular formula is C22H22Cl2N4O2S. The SMILES string of the molecule is CCCNC(=O)CN(Cc1ccccc1)C(=O)c1csc(Nc2cccc(Cl)c2Cl)n1. The Kier molecular flexibility index (Phi) is 8.28. The zero-order chi connectivity index (χ0) is 22.2. The van der Waals surface area contributed by atoms with Crippen LogP contribution in [-0.4, -0.2) is 34.8 Å². The van der Waals surface area contributed by atoms with Crippen LogP contribution >= 0.6 is 34.5 Å². The molecule has 6 nitrogen and oxygen atoms in total. The normalized spacial score (nSPS) is 10.5. The Morgan fingerprint density at radius 3 is 2.61 bits per heavy atom. The summed E-state index contributed by atoms with van der Waals surface area (Å²) < 4.78 is 0. The molecule has 0 saturated heterocycles. The number of hydrogen-bond donors (Lipinski definition) is 2. The van der Waals surface area contributed by atoms with Crippen molar-refractivity contribution in [1.29, 1.82) is 0 Å². The van der Waals surface area contributed by atoms with Crippen molar-refractivity contribution in [3.8, 4) is 0 Å². The zero-order valence-corrected chi connectivity index (χ0v) is 19.2. The first-order chi connectivity index (χ1) is 15.0. The molecule has 2 N–H and O–H groups in total. The minimum absolute atomic E-state index is 0.0475. The van der Waals surface area contributed by atoms with E-state index in [2.05, 4.69) is 15.6 Å². The standard InChI is InChI=1S/C22H22Cl2N4O2S/c1-2-11-25-19(29)13-28(12-15-7-4-3-5-8-15)21(30)18-14-31-22(27-18)26-17-10-6-9-16(23)20(17)24/h3-10,14H,2,11-13H2,1H3,(H,25,29)(H,26,27). The highest BCUT2D eigenvalue weighted by molar-refractivity contribution is 7.14. The van der Waals surface area contributed by atoms with Gasteiger partial charge < -0.3 is 15.5 Å². The maximum Gasteiger partial charge on any atom is 0.274 e. The fourth-order valence-corrected chi connectivity index (χ4v) is 3.85. The number of benzene rings is 2. The summed E-state index contributed by atoms with van der Waals surface area (Å²) in [6, 6.07) is 14.8. The molecule has 1 aromatic heterocycles. The van der Waals surface area contributed by atoms with E-state index in [9.17, 15) is 9.59 Å². The number of carbonyl (C=O) groups is 2. The summed E-state index contributed by atoms with van der Waals surface area (Å²) in [5.74, 6) is -0.526. The van der Waals surface area contributed by atoms with Gasteiger partial charge in [0, 0.05) is 18.5 Å². The van der Waals surface area contributed by atoms with E-state index in [1.807, 2.05) is 37.3 Å². The van der Waals surface area contributed by atoms with Gasteiger partial charge in [-0.25, -0.2) is 4.98 Å². The highest BCUT2D eigenvalue weighted by atomic mass is 35.5. The molecule has 162 valence electrons. The molecule has 0 atom stereocenters. The van der Waals surface area contributed by atoms with Crippen LogP contribution in [0.25, 0.3) is 0 Å². The van der Waals surface area contributed by atoms with Crippen molar-refractivity contribution in [3.63, 3.8) is 0 Å². The van der Waals surface area contributed by atoms with Crippen molar-refractivity contribution in [2.75, 3.05) is 18.4 Å². The third-order valence-corrected chi connectivity index (χ3v) is 5.90. The maximum absolute atomic E-state index is 13.2. The highest BCUT2D eigenvalue weighted by Gasteiger charge is 2.22. The van der Waals surface area contributed by atoms with Gasteiger partial charge in [-0.3, -0.25) is 9.59 Å². The minimum Gasteiger partial charge on any atom is -0.355 e. The summed E-state index contributed by atoms with van der Waals surface area (Å²) in [5, 5.41) is 8.86. The first-order valence-electron chi connectivity index (χ1n) is 9.74. The second-order valence-corrected chi connectivity index (χ2v) is 8.40. The molecule has 3 aromatic rings. The van der Waals surface area contributed by atoms with Crippen LogP contribution in [0, 0.1) is 0 Å². The number of carbonyl (C=O) groups excluding carboxylic acids is 2. The van der Waals surface area contributed by atoms with E-state index in [0.29, 0.717) is 34.0 Å². The van der Waals surface area contributed by atoms with Gasteiger partial charge in [0.05, 0.1) is 15.7 Å². The van der Waals surface area contributed by atoms with Gasteiger partial charge in [-0.15, -0.1) is 11.3 Å². The number of amides is 2. The lowest BCUT2D eigenvalue weighted by Crippen LogP contribution is -2.40. The lowest BCUT2D eigenvalue weighted by Gasteiger charge is -2.21. The first-order valence-corrected chi connectivity index (χ1v) is 11.4. The van der Waals surface area contributed by atoms with Crippen LogP contribution in [0.2, 0.25) is 10.0 Å². The molecule has 0 aliphatic carbocycles. The summed E-state index contributed by atoms with van der Waals surface area (Å²) in [6.45, 7) is 2.80. The fourth-order valence-electron chi connectivity index (χ4n) is 2.80. The lowest BCUT2D eigenvalue weighted by molar-refractivity contribution is -0.121. The first kappa shape index (κ1) is 23.1. The Balaban J connectivity index is 1.77. The second-order valence-electron chi connectivity index (χ2n) is 6.76. The molecule has 9 heteroatoms. The summed E-state index contributed by atoms with van der Waals surface area (Å²) >= 11 is 13.5. The van der Waals surface area contributed by atoms with Crippen LogP contribution in [-0.2, 0) is 11.3 Å². The van der Waals surface area contributed by atoms with E-state index in [1.165, 1.54) is 16.2 Å². The molecule has 0 bridgehead atoms. The molecule has 0 aliphatic rings. The second kappa shape index (κ2) is 11.1. The molecule has 1 heterocycles. The predicted octanol–water partition coefficient (Wildman–Crippen LogP) is 5.36. The van der Waals surface area contributed by atoms with E-state index < -0.39 is 0 Å². The molecule has 2 amide bonds. The molecule has 2 aromatic carbocycles. The van der Waals surface area contributed by atoms with Crippen LogP contribution in [0.3, 0.4) is 0 Å². The molecule has 0 spiro atoms. The Morgan fingerprint density at radius 1 is 1.10 bits per heavy atom. The monoisotopic (exact) mass is 476 g/mol.